The monoisotopic (exact) mass is 288 g/mol. The van der Waals surface area contributed by atoms with E-state index in [1.807, 2.05) is 6.07 Å². The van der Waals surface area contributed by atoms with Gasteiger partial charge in [-0.05, 0) is 37.5 Å². The fraction of sp³-hybridized carbons (Fsp3) is 0.667. The molecule has 6 nitrogen and oxygen atoms in total. The summed E-state index contributed by atoms with van der Waals surface area (Å²) in [6.07, 6.45) is 6.28. The Morgan fingerprint density at radius 2 is 2.19 bits per heavy atom. The van der Waals surface area contributed by atoms with Crippen LogP contribution in [-0.4, -0.2) is 28.1 Å². The molecule has 4 unspecified atom stereocenters. The molecule has 112 valence electrons. The number of hydrogen-bond acceptors (Lipinski definition) is 3. The number of carbonyl (C=O) groups excluding carboxylic acids is 2. The highest BCUT2D eigenvalue weighted by Gasteiger charge is 2.41. The lowest BCUT2D eigenvalue weighted by Gasteiger charge is -2.19. The number of aromatic nitrogens is 2. The average molecular weight is 288 g/mol. The zero-order valence-electron chi connectivity index (χ0n) is 11.9. The van der Waals surface area contributed by atoms with Crippen molar-refractivity contribution >= 4 is 17.6 Å². The highest BCUT2D eigenvalue weighted by atomic mass is 16.2. The van der Waals surface area contributed by atoms with Gasteiger partial charge in [0.15, 0.2) is 5.82 Å². The van der Waals surface area contributed by atoms with Gasteiger partial charge in [-0.3, -0.25) is 14.7 Å². The van der Waals surface area contributed by atoms with E-state index < -0.39 is 6.04 Å². The minimum Gasteiger partial charge on any atom is -0.344 e. The number of H-pyrrole nitrogens is 1. The molecular formula is C15H20N4O2. The molecule has 1 aliphatic heterocycles. The predicted molar refractivity (Wildman–Crippen MR) is 76.6 cm³/mol. The van der Waals surface area contributed by atoms with E-state index in [1.165, 1.54) is 25.7 Å². The summed E-state index contributed by atoms with van der Waals surface area (Å²) in [5.74, 6) is 2.59. The van der Waals surface area contributed by atoms with Crippen LogP contribution in [0.5, 0.6) is 0 Å². The Balaban J connectivity index is 1.40. The van der Waals surface area contributed by atoms with Crippen molar-refractivity contribution in [3.8, 4) is 0 Å². The van der Waals surface area contributed by atoms with E-state index in [-0.39, 0.29) is 11.8 Å². The molecule has 0 aromatic carbocycles. The number of nitrogens with one attached hydrogen (secondary N) is 3. The van der Waals surface area contributed by atoms with E-state index >= 15 is 0 Å². The summed E-state index contributed by atoms with van der Waals surface area (Å²) >= 11 is 0. The van der Waals surface area contributed by atoms with Crippen molar-refractivity contribution in [3.63, 3.8) is 0 Å². The molecule has 6 heteroatoms. The van der Waals surface area contributed by atoms with Crippen LogP contribution >= 0.6 is 0 Å². The summed E-state index contributed by atoms with van der Waals surface area (Å²) in [6.45, 7) is 0. The van der Waals surface area contributed by atoms with Gasteiger partial charge in [0.2, 0.25) is 11.8 Å². The van der Waals surface area contributed by atoms with Crippen LogP contribution in [0.25, 0.3) is 0 Å². The quantitative estimate of drug-likeness (QED) is 0.788. The number of fused-ring (bicyclic) bond motifs is 2. The van der Waals surface area contributed by atoms with Gasteiger partial charge in [-0.15, -0.1) is 0 Å². The predicted octanol–water partition coefficient (Wildman–Crippen LogP) is 1.53. The lowest BCUT2D eigenvalue weighted by molar-refractivity contribution is -0.122. The first-order chi connectivity index (χ1) is 10.2. The number of hydrogen-bond donors (Lipinski definition) is 3. The van der Waals surface area contributed by atoms with E-state index in [9.17, 15) is 9.59 Å². The molecule has 4 atom stereocenters. The third-order valence-electron chi connectivity index (χ3n) is 5.30. The van der Waals surface area contributed by atoms with Crippen LogP contribution in [0.4, 0.5) is 5.82 Å². The molecule has 1 saturated heterocycles. The van der Waals surface area contributed by atoms with Crippen molar-refractivity contribution in [3.05, 3.63) is 11.8 Å². The van der Waals surface area contributed by atoms with Gasteiger partial charge >= 0.3 is 0 Å². The Bertz CT molecular complexity index is 582. The number of anilines is 1. The molecule has 4 rings (SSSR count). The first-order valence-electron chi connectivity index (χ1n) is 7.84. The van der Waals surface area contributed by atoms with E-state index in [2.05, 4.69) is 20.8 Å². The summed E-state index contributed by atoms with van der Waals surface area (Å²) in [5, 5.41) is 12.8. The standard InChI is InChI=1S/C15H20N4O2/c20-14-4-3-11(16-14)15(21)17-13-7-12(18-19-13)10-6-8-1-2-9(10)5-8/h7-11H,1-6H2,(H,16,20)(H2,17,18,19,21). The molecule has 1 aromatic heterocycles. The van der Waals surface area contributed by atoms with Crippen LogP contribution in [0, 0.1) is 11.8 Å². The van der Waals surface area contributed by atoms with Gasteiger partial charge in [0.05, 0.1) is 0 Å². The number of nitrogens with zero attached hydrogens (tertiary/aromatic N) is 1. The van der Waals surface area contributed by atoms with Crippen LogP contribution in [0.3, 0.4) is 0 Å². The molecule has 0 radical (unpaired) electrons. The molecule has 2 amide bonds. The van der Waals surface area contributed by atoms with Crippen LogP contribution in [0.2, 0.25) is 0 Å². The van der Waals surface area contributed by atoms with Crippen LogP contribution in [0.1, 0.15) is 50.1 Å². The fourth-order valence-corrected chi connectivity index (χ4v) is 4.24. The first kappa shape index (κ1) is 12.9. The van der Waals surface area contributed by atoms with Crippen molar-refractivity contribution in [2.45, 2.75) is 50.5 Å². The van der Waals surface area contributed by atoms with Gasteiger partial charge in [-0.25, -0.2) is 0 Å². The van der Waals surface area contributed by atoms with Gasteiger partial charge in [0, 0.05) is 24.1 Å². The van der Waals surface area contributed by atoms with Crippen molar-refractivity contribution in [1.82, 2.24) is 15.5 Å². The zero-order valence-corrected chi connectivity index (χ0v) is 11.9. The van der Waals surface area contributed by atoms with Gasteiger partial charge in [0.25, 0.3) is 0 Å². The van der Waals surface area contributed by atoms with Gasteiger partial charge in [-0.2, -0.15) is 5.10 Å². The van der Waals surface area contributed by atoms with Gasteiger partial charge in [-0.1, -0.05) is 6.42 Å². The lowest BCUT2D eigenvalue weighted by Crippen LogP contribution is -2.37. The second-order valence-electron chi connectivity index (χ2n) is 6.64. The number of carbonyl (C=O) groups is 2. The number of aromatic amines is 1. The van der Waals surface area contributed by atoms with Crippen LogP contribution < -0.4 is 10.6 Å². The molecule has 21 heavy (non-hydrogen) atoms. The van der Waals surface area contributed by atoms with Crippen molar-refractivity contribution < 1.29 is 9.59 Å². The number of amides is 2. The molecule has 0 spiro atoms. The smallest absolute Gasteiger partial charge is 0.248 e. The topological polar surface area (TPSA) is 86.9 Å². The Hall–Kier alpha value is -1.85. The molecule has 3 fully saturated rings. The molecule has 2 saturated carbocycles. The minimum atomic E-state index is -0.417. The van der Waals surface area contributed by atoms with Gasteiger partial charge in [0.1, 0.15) is 6.04 Å². The molecule has 2 aliphatic carbocycles. The first-order valence-corrected chi connectivity index (χ1v) is 7.84. The van der Waals surface area contributed by atoms with E-state index in [0.29, 0.717) is 24.6 Å². The molecule has 3 N–H and O–H groups in total. The third-order valence-corrected chi connectivity index (χ3v) is 5.30. The van der Waals surface area contributed by atoms with E-state index in [0.717, 1.165) is 17.5 Å². The van der Waals surface area contributed by atoms with Crippen molar-refractivity contribution in [2.24, 2.45) is 11.8 Å². The second kappa shape index (κ2) is 4.86. The normalized spacial score (nSPS) is 34.2. The Labute approximate surface area is 123 Å². The van der Waals surface area contributed by atoms with Gasteiger partial charge < -0.3 is 10.6 Å². The highest BCUT2D eigenvalue weighted by molar-refractivity contribution is 5.98. The van der Waals surface area contributed by atoms with Crippen LogP contribution in [-0.2, 0) is 9.59 Å². The summed E-state index contributed by atoms with van der Waals surface area (Å²) in [4.78, 5) is 23.2. The Morgan fingerprint density at radius 3 is 2.86 bits per heavy atom. The van der Waals surface area contributed by atoms with E-state index in [4.69, 9.17) is 0 Å². The average Bonchev–Trinajstić information content (AvgIpc) is 3.21. The van der Waals surface area contributed by atoms with E-state index in [1.54, 1.807) is 0 Å². The zero-order chi connectivity index (χ0) is 14.4. The largest absolute Gasteiger partial charge is 0.344 e. The van der Waals surface area contributed by atoms with Crippen LogP contribution in [0.15, 0.2) is 6.07 Å². The maximum Gasteiger partial charge on any atom is 0.248 e. The van der Waals surface area contributed by atoms with Crippen molar-refractivity contribution in [2.75, 3.05) is 5.32 Å². The molecule has 3 aliphatic rings. The summed E-state index contributed by atoms with van der Waals surface area (Å²) in [5.41, 5.74) is 1.15. The molecular weight excluding hydrogens is 268 g/mol. The third kappa shape index (κ3) is 2.32. The summed E-state index contributed by atoms with van der Waals surface area (Å²) in [7, 11) is 0. The maximum atomic E-state index is 12.0. The van der Waals surface area contributed by atoms with Crippen molar-refractivity contribution in [1.29, 1.82) is 0 Å². The number of rotatable bonds is 3. The fourth-order valence-electron chi connectivity index (χ4n) is 4.24. The SMILES string of the molecule is O=C1CCC(C(=O)Nc2cc(C3CC4CCC3C4)[nH]n2)N1. The summed E-state index contributed by atoms with van der Waals surface area (Å²) < 4.78 is 0. The molecule has 1 aromatic rings. The molecule has 2 heterocycles. The molecule has 2 bridgehead atoms. The Kier molecular flexibility index (Phi) is 2.97. The minimum absolute atomic E-state index is 0.0557. The second-order valence-corrected chi connectivity index (χ2v) is 6.64. The lowest BCUT2D eigenvalue weighted by atomic mass is 9.86. The Morgan fingerprint density at radius 1 is 1.29 bits per heavy atom. The highest BCUT2D eigenvalue weighted by Crippen LogP contribution is 2.52. The maximum absolute atomic E-state index is 12.0. The summed E-state index contributed by atoms with van der Waals surface area (Å²) in [6, 6.07) is 1.54.